The van der Waals surface area contributed by atoms with Gasteiger partial charge in [-0.15, -0.1) is 0 Å². The van der Waals surface area contributed by atoms with Crippen LogP contribution < -0.4 is 9.64 Å². The topological polar surface area (TPSA) is 80.8 Å². The second-order valence-corrected chi connectivity index (χ2v) is 9.12. The van der Waals surface area contributed by atoms with E-state index in [0.29, 0.717) is 5.69 Å². The monoisotopic (exact) mass is 451 g/mol. The lowest BCUT2D eigenvalue weighted by Gasteiger charge is -2.52. The minimum absolute atomic E-state index is 0.155. The van der Waals surface area contributed by atoms with Crippen LogP contribution in [0.25, 0.3) is 0 Å². The molecular weight excluding hydrogens is 430 g/mol. The van der Waals surface area contributed by atoms with Crippen LogP contribution in [0, 0.1) is 11.8 Å². The predicted octanol–water partition coefficient (Wildman–Crippen LogP) is 3.75. The van der Waals surface area contributed by atoms with E-state index >= 15 is 0 Å². The van der Waals surface area contributed by atoms with Crippen LogP contribution in [0.3, 0.4) is 0 Å². The molecule has 0 radical (unpaired) electrons. The first-order chi connectivity index (χ1) is 16.4. The summed E-state index contributed by atoms with van der Waals surface area (Å²) in [6, 6.07) is 21.7. The number of nitrogens with zero attached hydrogens (tertiary/aromatic N) is 1. The summed E-state index contributed by atoms with van der Waals surface area (Å²) >= 11 is 0. The fourth-order valence-corrected chi connectivity index (χ4v) is 6.48. The highest BCUT2D eigenvalue weighted by Crippen LogP contribution is 2.64. The third kappa shape index (κ3) is 2.40. The minimum atomic E-state index is -1.23. The first kappa shape index (κ1) is 20.5. The van der Waals surface area contributed by atoms with E-state index in [2.05, 4.69) is 0 Å². The van der Waals surface area contributed by atoms with Crippen LogP contribution in [0.1, 0.15) is 42.0 Å². The molecule has 1 fully saturated rings. The molecule has 2 atom stereocenters. The molecule has 168 valence electrons. The molecule has 6 heteroatoms. The summed E-state index contributed by atoms with van der Waals surface area (Å²) < 4.78 is 5.18. The number of esters is 1. The van der Waals surface area contributed by atoms with Crippen LogP contribution in [0.2, 0.25) is 0 Å². The molecule has 4 aliphatic rings. The lowest BCUT2D eigenvalue weighted by molar-refractivity contribution is -0.133. The van der Waals surface area contributed by atoms with Crippen molar-refractivity contribution in [2.75, 3.05) is 4.90 Å². The van der Waals surface area contributed by atoms with Crippen LogP contribution >= 0.6 is 0 Å². The average molecular weight is 451 g/mol. The summed E-state index contributed by atoms with van der Waals surface area (Å²) in [7, 11) is 0. The largest absolute Gasteiger partial charge is 0.427 e. The third-order valence-corrected chi connectivity index (χ3v) is 7.51. The van der Waals surface area contributed by atoms with Crippen molar-refractivity contribution in [2.24, 2.45) is 11.8 Å². The zero-order chi connectivity index (χ0) is 23.8. The van der Waals surface area contributed by atoms with Gasteiger partial charge in [0.15, 0.2) is 0 Å². The molecule has 34 heavy (non-hydrogen) atoms. The third-order valence-electron chi connectivity index (χ3n) is 7.51. The standard InChI is InChI=1S/C28H21NO5/c1-15(30)28-21-12-5-3-10-19(21)23(20-11-4-6-13-22(20)28)24-25(28)27(33)29(26(24)32)17-8-7-9-18(14-17)34-16(2)31/h3-14,23-25H,1-2H3/t23?,24-,25-,28?/m0/s1. The van der Waals surface area contributed by atoms with Crippen molar-refractivity contribution in [1.29, 1.82) is 0 Å². The number of rotatable bonds is 3. The molecule has 0 spiro atoms. The van der Waals surface area contributed by atoms with E-state index in [9.17, 15) is 19.2 Å². The lowest BCUT2D eigenvalue weighted by Crippen LogP contribution is -2.57. The Hall–Kier alpha value is -4.06. The summed E-state index contributed by atoms with van der Waals surface area (Å²) in [6.07, 6.45) is 0. The summed E-state index contributed by atoms with van der Waals surface area (Å²) in [4.78, 5) is 54.2. The maximum absolute atomic E-state index is 14.0. The molecule has 0 saturated carbocycles. The Labute approximate surface area is 196 Å². The summed E-state index contributed by atoms with van der Waals surface area (Å²) in [5.41, 5.74) is 2.56. The van der Waals surface area contributed by atoms with E-state index in [4.69, 9.17) is 4.74 Å². The van der Waals surface area contributed by atoms with Gasteiger partial charge >= 0.3 is 5.97 Å². The van der Waals surface area contributed by atoms with Gasteiger partial charge in [0.1, 0.15) is 11.5 Å². The Morgan fingerprint density at radius 2 is 1.44 bits per heavy atom. The summed E-state index contributed by atoms with van der Waals surface area (Å²) in [6.45, 7) is 2.80. The number of hydrogen-bond donors (Lipinski definition) is 0. The second-order valence-electron chi connectivity index (χ2n) is 9.12. The number of ether oxygens (including phenoxy) is 1. The van der Waals surface area contributed by atoms with Crippen molar-refractivity contribution in [2.45, 2.75) is 25.2 Å². The van der Waals surface area contributed by atoms with Gasteiger partial charge in [-0.3, -0.25) is 19.2 Å². The Bertz CT molecular complexity index is 1380. The minimum Gasteiger partial charge on any atom is -0.427 e. The number of Topliss-reactive ketones (excluding diaryl/α,β-unsaturated/α-hetero) is 1. The van der Waals surface area contributed by atoms with Crippen molar-refractivity contribution in [3.63, 3.8) is 0 Å². The average Bonchev–Trinajstić information content (AvgIpc) is 3.09. The Kier molecular flexibility index (Phi) is 4.21. The number of anilines is 1. The summed E-state index contributed by atoms with van der Waals surface area (Å²) in [5.74, 6) is -3.01. The normalized spacial score (nSPS) is 26.1. The zero-order valence-corrected chi connectivity index (χ0v) is 18.6. The molecule has 0 N–H and O–H groups in total. The van der Waals surface area contributed by atoms with Crippen LogP contribution in [0.5, 0.6) is 5.75 Å². The Morgan fingerprint density at radius 3 is 2.03 bits per heavy atom. The molecule has 6 nitrogen and oxygen atoms in total. The van der Waals surface area contributed by atoms with Crippen LogP contribution in [0.15, 0.2) is 72.8 Å². The highest BCUT2D eigenvalue weighted by molar-refractivity contribution is 6.25. The van der Waals surface area contributed by atoms with E-state index in [1.54, 1.807) is 18.2 Å². The van der Waals surface area contributed by atoms with Gasteiger partial charge < -0.3 is 4.74 Å². The number of benzene rings is 3. The van der Waals surface area contributed by atoms with E-state index in [-0.39, 0.29) is 23.4 Å². The number of carbonyl (C=O) groups is 4. The van der Waals surface area contributed by atoms with Crippen molar-refractivity contribution in [3.8, 4) is 5.75 Å². The molecule has 1 saturated heterocycles. The molecule has 0 aromatic heterocycles. The SMILES string of the molecule is CC(=O)Oc1cccc(N2C(=O)[C@@H]3[C@@H](C2=O)C2c4ccccc4C3(C(C)=O)c3ccccc32)c1. The molecule has 3 aliphatic carbocycles. The highest BCUT2D eigenvalue weighted by atomic mass is 16.5. The van der Waals surface area contributed by atoms with Gasteiger partial charge in [-0.05, 0) is 41.3 Å². The molecular formula is C28H21NO5. The maximum Gasteiger partial charge on any atom is 0.308 e. The number of imide groups is 1. The van der Waals surface area contributed by atoms with Gasteiger partial charge in [0, 0.05) is 18.9 Å². The van der Waals surface area contributed by atoms with E-state index in [0.717, 1.165) is 22.3 Å². The van der Waals surface area contributed by atoms with E-state index in [1.807, 2.05) is 48.5 Å². The second kappa shape index (κ2) is 6.97. The van der Waals surface area contributed by atoms with Crippen molar-refractivity contribution >= 4 is 29.3 Å². The van der Waals surface area contributed by atoms with Gasteiger partial charge in [-0.2, -0.15) is 0 Å². The molecule has 3 aromatic carbocycles. The predicted molar refractivity (Wildman–Crippen MR) is 123 cm³/mol. The first-order valence-corrected chi connectivity index (χ1v) is 11.2. The molecule has 1 aliphatic heterocycles. The van der Waals surface area contributed by atoms with Gasteiger partial charge in [-0.1, -0.05) is 54.6 Å². The van der Waals surface area contributed by atoms with E-state index in [1.165, 1.54) is 24.8 Å². The molecule has 7 rings (SSSR count). The van der Waals surface area contributed by atoms with Gasteiger partial charge in [0.25, 0.3) is 0 Å². The smallest absolute Gasteiger partial charge is 0.308 e. The van der Waals surface area contributed by atoms with Crippen LogP contribution in [0.4, 0.5) is 5.69 Å². The Morgan fingerprint density at radius 1 is 0.824 bits per heavy atom. The zero-order valence-electron chi connectivity index (χ0n) is 18.6. The fourth-order valence-electron chi connectivity index (χ4n) is 6.48. The molecule has 2 bridgehead atoms. The summed E-state index contributed by atoms with van der Waals surface area (Å²) in [5, 5.41) is 0. The molecule has 1 heterocycles. The van der Waals surface area contributed by atoms with Crippen LogP contribution in [-0.4, -0.2) is 23.6 Å². The van der Waals surface area contributed by atoms with Crippen LogP contribution in [-0.2, 0) is 24.6 Å². The number of hydrogen-bond acceptors (Lipinski definition) is 5. The van der Waals surface area contributed by atoms with E-state index < -0.39 is 29.1 Å². The number of amides is 2. The Balaban J connectivity index is 1.59. The first-order valence-electron chi connectivity index (χ1n) is 11.2. The van der Waals surface area contributed by atoms with Crippen molar-refractivity contribution in [1.82, 2.24) is 0 Å². The maximum atomic E-state index is 14.0. The molecule has 0 unspecified atom stereocenters. The van der Waals surface area contributed by atoms with Gasteiger partial charge in [0.05, 0.1) is 22.9 Å². The molecule has 2 amide bonds. The van der Waals surface area contributed by atoms with Crippen molar-refractivity contribution in [3.05, 3.63) is 95.1 Å². The molecule has 3 aromatic rings. The highest BCUT2D eigenvalue weighted by Gasteiger charge is 2.70. The van der Waals surface area contributed by atoms with Gasteiger partial charge in [0.2, 0.25) is 11.8 Å². The number of ketones is 1. The number of carbonyl (C=O) groups excluding carboxylic acids is 4. The fraction of sp³-hybridized carbons (Fsp3) is 0.214. The van der Waals surface area contributed by atoms with Gasteiger partial charge in [-0.25, -0.2) is 4.90 Å². The van der Waals surface area contributed by atoms with Crippen molar-refractivity contribution < 1.29 is 23.9 Å². The quantitative estimate of drug-likeness (QED) is 0.344. The lowest BCUT2D eigenvalue weighted by atomic mass is 9.46.